The molecule has 0 spiro atoms. The number of hydrogen-bond donors (Lipinski definition) is 0. The Balaban J connectivity index is 1.71. The molecule has 1 aliphatic carbocycles. The average molecular weight is 303 g/mol. The summed E-state index contributed by atoms with van der Waals surface area (Å²) in [6.45, 7) is 4.67. The molecule has 1 aliphatic heterocycles. The quantitative estimate of drug-likeness (QED) is 0.803. The molecule has 0 fully saturated rings. The Morgan fingerprint density at radius 2 is 2.32 bits per heavy atom. The van der Waals surface area contributed by atoms with E-state index in [1.54, 1.807) is 6.20 Å². The van der Waals surface area contributed by atoms with Crippen LogP contribution < -0.4 is 0 Å². The predicted molar refractivity (Wildman–Crippen MR) is 84.2 cm³/mol. The molecule has 5 heteroatoms. The minimum absolute atomic E-state index is 0.0236. The lowest BCUT2D eigenvalue weighted by Gasteiger charge is -2.25. The van der Waals surface area contributed by atoms with E-state index in [9.17, 15) is 4.79 Å². The van der Waals surface area contributed by atoms with E-state index in [1.807, 2.05) is 22.6 Å². The van der Waals surface area contributed by atoms with Crippen molar-refractivity contribution < 1.29 is 9.53 Å². The average Bonchev–Trinajstić information content (AvgIpc) is 2.87. The molecule has 0 radical (unpaired) electrons. The fourth-order valence-corrected chi connectivity index (χ4v) is 3.32. The van der Waals surface area contributed by atoms with Gasteiger partial charge in [0.1, 0.15) is 0 Å². The topological polar surface area (TPSA) is 47.4 Å². The van der Waals surface area contributed by atoms with Crippen LogP contribution in [0.5, 0.6) is 0 Å². The van der Waals surface area contributed by atoms with Crippen molar-refractivity contribution in [2.24, 2.45) is 0 Å². The Hall–Kier alpha value is -1.62. The summed E-state index contributed by atoms with van der Waals surface area (Å²) in [5.74, 6) is 0.215. The standard InChI is InChI=1S/C17H25N3O2/c1-2-22-16-12-19(11-15-8-9-18-20(15)13-16)17(21)10-14-6-4-3-5-7-14/h6,8-9,16H,2-5,7,10-13H2,1H3/t16-/m1/s1. The highest BCUT2D eigenvalue weighted by Crippen LogP contribution is 2.22. The minimum atomic E-state index is 0.0236. The first-order valence-electron chi connectivity index (χ1n) is 8.34. The van der Waals surface area contributed by atoms with Gasteiger partial charge in [0.2, 0.25) is 5.91 Å². The molecule has 0 aromatic carbocycles. The maximum absolute atomic E-state index is 12.7. The van der Waals surface area contributed by atoms with Gasteiger partial charge in [-0.05, 0) is 38.7 Å². The Bertz CT molecular complexity index is 550. The first kappa shape index (κ1) is 15.3. The number of aromatic nitrogens is 2. The first-order chi connectivity index (χ1) is 10.8. The molecule has 0 saturated heterocycles. The molecule has 0 saturated carbocycles. The highest BCUT2D eigenvalue weighted by molar-refractivity contribution is 5.78. The van der Waals surface area contributed by atoms with Crippen LogP contribution >= 0.6 is 0 Å². The Morgan fingerprint density at radius 3 is 3.09 bits per heavy atom. The Morgan fingerprint density at radius 1 is 1.41 bits per heavy atom. The molecule has 0 N–H and O–H groups in total. The first-order valence-corrected chi connectivity index (χ1v) is 8.34. The summed E-state index contributed by atoms with van der Waals surface area (Å²) in [6.07, 6.45) is 9.31. The van der Waals surface area contributed by atoms with Gasteiger partial charge in [-0.25, -0.2) is 0 Å². The van der Waals surface area contributed by atoms with Crippen molar-refractivity contribution in [3.8, 4) is 0 Å². The van der Waals surface area contributed by atoms with Crippen molar-refractivity contribution in [2.75, 3.05) is 13.2 Å². The Labute approximate surface area is 131 Å². The molecule has 3 rings (SSSR count). The summed E-state index contributed by atoms with van der Waals surface area (Å²) in [6, 6.07) is 1.99. The lowest BCUT2D eigenvalue weighted by molar-refractivity contribution is -0.133. The second-order valence-corrected chi connectivity index (χ2v) is 6.14. The molecular formula is C17H25N3O2. The second-order valence-electron chi connectivity index (χ2n) is 6.14. The third kappa shape index (κ3) is 3.58. The van der Waals surface area contributed by atoms with Crippen LogP contribution in [0.3, 0.4) is 0 Å². The van der Waals surface area contributed by atoms with Crippen molar-refractivity contribution in [1.82, 2.24) is 14.7 Å². The third-order valence-electron chi connectivity index (χ3n) is 4.48. The molecular weight excluding hydrogens is 278 g/mol. The van der Waals surface area contributed by atoms with Gasteiger partial charge in [0.05, 0.1) is 24.9 Å². The van der Waals surface area contributed by atoms with E-state index in [4.69, 9.17) is 4.74 Å². The van der Waals surface area contributed by atoms with Crippen LogP contribution in [0.25, 0.3) is 0 Å². The van der Waals surface area contributed by atoms with Gasteiger partial charge < -0.3 is 9.64 Å². The maximum Gasteiger partial charge on any atom is 0.227 e. The molecule has 0 unspecified atom stereocenters. The number of nitrogens with zero attached hydrogens (tertiary/aromatic N) is 3. The number of hydrogen-bond acceptors (Lipinski definition) is 3. The van der Waals surface area contributed by atoms with Crippen molar-refractivity contribution >= 4 is 5.91 Å². The highest BCUT2D eigenvalue weighted by atomic mass is 16.5. The number of carbonyl (C=O) groups is 1. The summed E-state index contributed by atoms with van der Waals surface area (Å²) < 4.78 is 7.76. The van der Waals surface area contributed by atoms with E-state index in [0.717, 1.165) is 25.1 Å². The van der Waals surface area contributed by atoms with Crippen molar-refractivity contribution in [2.45, 2.75) is 58.2 Å². The maximum atomic E-state index is 12.7. The van der Waals surface area contributed by atoms with E-state index in [0.29, 0.717) is 26.1 Å². The number of carbonyl (C=O) groups excluding carboxylic acids is 1. The summed E-state index contributed by atoms with van der Waals surface area (Å²) in [4.78, 5) is 14.6. The zero-order valence-electron chi connectivity index (χ0n) is 13.3. The van der Waals surface area contributed by atoms with Gasteiger partial charge in [-0.15, -0.1) is 0 Å². The zero-order valence-corrected chi connectivity index (χ0v) is 13.3. The fraction of sp³-hybridized carbons (Fsp3) is 0.647. The number of ether oxygens (including phenoxy) is 1. The van der Waals surface area contributed by atoms with Crippen LogP contribution in [0.4, 0.5) is 0 Å². The molecule has 1 aromatic heterocycles. The third-order valence-corrected chi connectivity index (χ3v) is 4.48. The van der Waals surface area contributed by atoms with Crippen LogP contribution in [0.2, 0.25) is 0 Å². The van der Waals surface area contributed by atoms with Crippen molar-refractivity contribution in [3.63, 3.8) is 0 Å². The molecule has 22 heavy (non-hydrogen) atoms. The van der Waals surface area contributed by atoms with Gasteiger partial charge in [0.25, 0.3) is 0 Å². The van der Waals surface area contributed by atoms with Gasteiger partial charge in [-0.1, -0.05) is 11.6 Å². The summed E-state index contributed by atoms with van der Waals surface area (Å²) >= 11 is 0. The summed E-state index contributed by atoms with van der Waals surface area (Å²) in [5, 5.41) is 4.35. The van der Waals surface area contributed by atoms with E-state index >= 15 is 0 Å². The van der Waals surface area contributed by atoms with Gasteiger partial charge in [0, 0.05) is 25.8 Å². The molecule has 5 nitrogen and oxygen atoms in total. The monoisotopic (exact) mass is 303 g/mol. The van der Waals surface area contributed by atoms with E-state index in [-0.39, 0.29) is 12.0 Å². The molecule has 1 atom stereocenters. The van der Waals surface area contributed by atoms with Crippen LogP contribution in [0, 0.1) is 0 Å². The summed E-state index contributed by atoms with van der Waals surface area (Å²) in [7, 11) is 0. The zero-order chi connectivity index (χ0) is 15.4. The van der Waals surface area contributed by atoms with Gasteiger partial charge in [0.15, 0.2) is 0 Å². The van der Waals surface area contributed by atoms with Crippen LogP contribution in [0.1, 0.15) is 44.7 Å². The largest absolute Gasteiger partial charge is 0.375 e. The molecule has 1 aromatic rings. The van der Waals surface area contributed by atoms with Gasteiger partial charge >= 0.3 is 0 Å². The highest BCUT2D eigenvalue weighted by Gasteiger charge is 2.26. The van der Waals surface area contributed by atoms with Crippen LogP contribution in [0.15, 0.2) is 23.9 Å². The predicted octanol–water partition coefficient (Wildman–Crippen LogP) is 2.52. The summed E-state index contributed by atoms with van der Waals surface area (Å²) in [5.41, 5.74) is 2.40. The Kier molecular flexibility index (Phi) is 4.93. The molecule has 2 heterocycles. The lowest BCUT2D eigenvalue weighted by Crippen LogP contribution is -2.37. The van der Waals surface area contributed by atoms with Gasteiger partial charge in [-0.2, -0.15) is 5.10 Å². The van der Waals surface area contributed by atoms with Crippen LogP contribution in [-0.4, -0.2) is 39.8 Å². The van der Waals surface area contributed by atoms with Crippen molar-refractivity contribution in [1.29, 1.82) is 0 Å². The minimum Gasteiger partial charge on any atom is -0.375 e. The number of rotatable bonds is 4. The van der Waals surface area contributed by atoms with Gasteiger partial charge in [-0.3, -0.25) is 9.48 Å². The lowest BCUT2D eigenvalue weighted by atomic mass is 9.97. The molecule has 2 aliphatic rings. The normalized spacial score (nSPS) is 22.0. The fourth-order valence-electron chi connectivity index (χ4n) is 3.32. The van der Waals surface area contributed by atoms with E-state index < -0.39 is 0 Å². The van der Waals surface area contributed by atoms with Crippen LogP contribution in [-0.2, 0) is 22.6 Å². The van der Waals surface area contributed by atoms with E-state index in [2.05, 4.69) is 11.2 Å². The smallest absolute Gasteiger partial charge is 0.227 e. The number of amides is 1. The van der Waals surface area contributed by atoms with E-state index in [1.165, 1.54) is 18.4 Å². The second kappa shape index (κ2) is 7.09. The van der Waals surface area contributed by atoms with Crippen molar-refractivity contribution in [3.05, 3.63) is 29.6 Å². The molecule has 1 amide bonds. The molecule has 120 valence electrons. The number of allylic oxidation sites excluding steroid dienone is 1. The molecule has 0 bridgehead atoms. The SMILES string of the molecule is CCO[C@@H]1CN(C(=O)CC2=CCCCC2)Cc2ccnn2C1. The number of fused-ring (bicyclic) bond motifs is 1.